The van der Waals surface area contributed by atoms with Crippen molar-refractivity contribution in [3.8, 4) is 17.5 Å². The van der Waals surface area contributed by atoms with E-state index in [1.807, 2.05) is 13.0 Å². The molecule has 0 N–H and O–H groups in total. The fourth-order valence-electron chi connectivity index (χ4n) is 1.72. The molecule has 0 aliphatic carbocycles. The van der Waals surface area contributed by atoms with Crippen molar-refractivity contribution in [1.82, 2.24) is 34.5 Å². The fourth-order valence-corrected chi connectivity index (χ4v) is 1.87. The number of aromatic nitrogens is 7. The maximum atomic E-state index is 5.95. The first-order valence-corrected chi connectivity index (χ1v) is 6.09. The van der Waals surface area contributed by atoms with Gasteiger partial charge in [0.2, 0.25) is 5.28 Å². The van der Waals surface area contributed by atoms with Crippen molar-refractivity contribution in [3.05, 3.63) is 36.0 Å². The van der Waals surface area contributed by atoms with Gasteiger partial charge in [-0.2, -0.15) is 25.1 Å². The van der Waals surface area contributed by atoms with Crippen LogP contribution in [-0.2, 0) is 6.54 Å². The van der Waals surface area contributed by atoms with E-state index >= 15 is 0 Å². The fraction of sp³-hybridized carbons (Fsp3) is 0.182. The van der Waals surface area contributed by atoms with E-state index in [9.17, 15) is 0 Å². The van der Waals surface area contributed by atoms with Gasteiger partial charge in [-0.05, 0) is 30.7 Å². The Bertz CT molecular complexity index is 689. The van der Waals surface area contributed by atoms with Crippen LogP contribution in [0.5, 0.6) is 0 Å². The summed E-state index contributed by atoms with van der Waals surface area (Å²) in [6.45, 7) is 2.72. The van der Waals surface area contributed by atoms with Crippen LogP contribution in [0.25, 0.3) is 17.5 Å². The van der Waals surface area contributed by atoms with Crippen LogP contribution in [-0.4, -0.2) is 34.5 Å². The molecule has 3 heterocycles. The first kappa shape index (κ1) is 11.8. The summed E-state index contributed by atoms with van der Waals surface area (Å²) in [5, 5.41) is 8.38. The van der Waals surface area contributed by atoms with E-state index < -0.39 is 0 Å². The van der Waals surface area contributed by atoms with Gasteiger partial charge < -0.3 is 0 Å². The van der Waals surface area contributed by atoms with E-state index in [0.717, 1.165) is 12.2 Å². The maximum Gasteiger partial charge on any atom is 0.255 e. The molecule has 0 aromatic carbocycles. The van der Waals surface area contributed by atoms with E-state index in [2.05, 4.69) is 25.1 Å². The Morgan fingerprint density at radius 3 is 2.79 bits per heavy atom. The van der Waals surface area contributed by atoms with Crippen LogP contribution < -0.4 is 0 Å². The van der Waals surface area contributed by atoms with Gasteiger partial charge in [-0.1, -0.05) is 0 Å². The second kappa shape index (κ2) is 4.77. The average Bonchev–Trinajstić information content (AvgIpc) is 3.09. The summed E-state index contributed by atoms with van der Waals surface area (Å²) < 4.78 is 3.32. The molecule has 3 aromatic heterocycles. The number of rotatable bonds is 3. The monoisotopic (exact) mass is 275 g/mol. The Balaban J connectivity index is 2.13. The molecule has 0 spiro atoms. The van der Waals surface area contributed by atoms with E-state index in [-0.39, 0.29) is 5.28 Å². The summed E-state index contributed by atoms with van der Waals surface area (Å²) in [5.74, 6) is 0.855. The smallest absolute Gasteiger partial charge is 0.255 e. The van der Waals surface area contributed by atoms with Crippen LogP contribution in [0.4, 0.5) is 0 Å². The minimum atomic E-state index is 0.124. The van der Waals surface area contributed by atoms with Gasteiger partial charge in [-0.3, -0.25) is 4.68 Å². The average molecular weight is 276 g/mol. The molecule has 0 radical (unpaired) electrons. The molecule has 0 aliphatic heterocycles. The van der Waals surface area contributed by atoms with Crippen LogP contribution in [0.3, 0.4) is 0 Å². The van der Waals surface area contributed by atoms with Gasteiger partial charge in [0.05, 0.1) is 0 Å². The summed E-state index contributed by atoms with van der Waals surface area (Å²) in [5.41, 5.74) is 0.792. The molecule has 0 saturated heterocycles. The van der Waals surface area contributed by atoms with Crippen molar-refractivity contribution in [2.45, 2.75) is 13.5 Å². The lowest BCUT2D eigenvalue weighted by atomic mass is 10.4. The van der Waals surface area contributed by atoms with E-state index in [1.54, 1.807) is 29.3 Å². The molecular formula is C11H10ClN7. The summed E-state index contributed by atoms with van der Waals surface area (Å²) >= 11 is 5.95. The third-order valence-electron chi connectivity index (χ3n) is 2.55. The third-order valence-corrected chi connectivity index (χ3v) is 2.72. The third kappa shape index (κ3) is 2.19. The predicted octanol–water partition coefficient (Wildman–Crippen LogP) is 1.59. The molecule has 7 nitrogen and oxygen atoms in total. The largest absolute Gasteiger partial charge is 0.262 e. The number of nitrogens with zero attached hydrogens (tertiary/aromatic N) is 7. The quantitative estimate of drug-likeness (QED) is 0.726. The lowest BCUT2D eigenvalue weighted by Gasteiger charge is -2.05. The first-order valence-electron chi connectivity index (χ1n) is 5.71. The highest BCUT2D eigenvalue weighted by Gasteiger charge is 2.12. The van der Waals surface area contributed by atoms with Crippen LogP contribution in [0.15, 0.2) is 30.7 Å². The van der Waals surface area contributed by atoms with Crippen LogP contribution >= 0.6 is 11.6 Å². The van der Waals surface area contributed by atoms with Gasteiger partial charge in [-0.15, -0.1) is 0 Å². The zero-order chi connectivity index (χ0) is 13.2. The van der Waals surface area contributed by atoms with Crippen molar-refractivity contribution in [3.63, 3.8) is 0 Å². The van der Waals surface area contributed by atoms with Gasteiger partial charge in [0.1, 0.15) is 5.69 Å². The molecule has 0 bridgehead atoms. The lowest BCUT2D eigenvalue weighted by molar-refractivity contribution is 0.662. The van der Waals surface area contributed by atoms with Gasteiger partial charge in [0.25, 0.3) is 5.95 Å². The summed E-state index contributed by atoms with van der Waals surface area (Å²) in [4.78, 5) is 12.6. The SMILES string of the molecule is CCn1nccc1-c1nc(Cl)nc(-n2cccn2)n1. The Morgan fingerprint density at radius 1 is 1.16 bits per heavy atom. The standard InChI is InChI=1S/C11H10ClN7/c1-2-18-8(4-6-14-18)9-15-10(12)17-11(16-9)19-7-3-5-13-19/h3-7H,2H2,1H3. The van der Waals surface area contributed by atoms with Gasteiger partial charge in [0.15, 0.2) is 5.82 Å². The van der Waals surface area contributed by atoms with Crippen LogP contribution in [0.2, 0.25) is 5.28 Å². The lowest BCUT2D eigenvalue weighted by Crippen LogP contribution is -2.07. The molecule has 3 aromatic rings. The highest BCUT2D eigenvalue weighted by molar-refractivity contribution is 6.28. The summed E-state index contributed by atoms with van der Waals surface area (Å²) in [6, 6.07) is 3.62. The van der Waals surface area contributed by atoms with Gasteiger partial charge in [0, 0.05) is 25.1 Å². The normalized spacial score (nSPS) is 10.8. The molecule has 0 fully saturated rings. The Morgan fingerprint density at radius 2 is 2.05 bits per heavy atom. The highest BCUT2D eigenvalue weighted by Crippen LogP contribution is 2.17. The molecule has 96 valence electrons. The zero-order valence-electron chi connectivity index (χ0n) is 10.1. The van der Waals surface area contributed by atoms with E-state index in [0.29, 0.717) is 11.8 Å². The Hall–Kier alpha value is -2.28. The zero-order valence-corrected chi connectivity index (χ0v) is 10.9. The minimum absolute atomic E-state index is 0.124. The van der Waals surface area contributed by atoms with Crippen LogP contribution in [0, 0.1) is 0 Å². The van der Waals surface area contributed by atoms with Crippen molar-refractivity contribution < 1.29 is 0 Å². The Labute approximate surface area is 113 Å². The second-order valence-corrected chi connectivity index (χ2v) is 4.05. The number of halogens is 1. The van der Waals surface area contributed by atoms with Crippen molar-refractivity contribution in [1.29, 1.82) is 0 Å². The maximum absolute atomic E-state index is 5.95. The van der Waals surface area contributed by atoms with Crippen molar-refractivity contribution in [2.75, 3.05) is 0 Å². The summed E-state index contributed by atoms with van der Waals surface area (Å²) in [7, 11) is 0. The Kier molecular flexibility index (Phi) is 2.96. The molecule has 0 atom stereocenters. The molecule has 19 heavy (non-hydrogen) atoms. The highest BCUT2D eigenvalue weighted by atomic mass is 35.5. The van der Waals surface area contributed by atoms with Crippen molar-refractivity contribution >= 4 is 11.6 Å². The molecule has 0 amide bonds. The molecule has 3 rings (SSSR count). The van der Waals surface area contributed by atoms with E-state index in [1.165, 1.54) is 4.68 Å². The molecule has 0 aliphatic rings. The van der Waals surface area contributed by atoms with Crippen LogP contribution in [0.1, 0.15) is 6.92 Å². The minimum Gasteiger partial charge on any atom is -0.262 e. The number of hydrogen-bond donors (Lipinski definition) is 0. The molecule has 0 unspecified atom stereocenters. The van der Waals surface area contributed by atoms with E-state index in [4.69, 9.17) is 11.6 Å². The van der Waals surface area contributed by atoms with Gasteiger partial charge >= 0.3 is 0 Å². The number of aryl methyl sites for hydroxylation is 1. The molecule has 0 saturated carbocycles. The first-order chi connectivity index (χ1) is 9.28. The number of hydrogen-bond acceptors (Lipinski definition) is 5. The van der Waals surface area contributed by atoms with Crippen molar-refractivity contribution in [2.24, 2.45) is 0 Å². The molecule has 8 heteroatoms. The van der Waals surface area contributed by atoms with Gasteiger partial charge in [-0.25, -0.2) is 4.68 Å². The molecular weight excluding hydrogens is 266 g/mol. The topological polar surface area (TPSA) is 74.3 Å². The predicted molar refractivity (Wildman–Crippen MR) is 68.9 cm³/mol. The second-order valence-electron chi connectivity index (χ2n) is 3.71. The summed E-state index contributed by atoms with van der Waals surface area (Å²) in [6.07, 6.45) is 5.09.